The number of nitrogens with zero attached hydrogens (tertiary/aromatic N) is 1. The molecule has 124 valence electrons. The standard InChI is InChI=1S/C15H22ClN3O2.ClH/c1-21-14-5-4-12(16)7-13(14)18-15(20)10-19-6-2-3-11(8-17)9-19;/h4-5,7,11H,2-3,6,8-10,17H2,1H3,(H,18,20);1H. The number of hydrogen-bond acceptors (Lipinski definition) is 4. The van der Waals surface area contributed by atoms with Crippen molar-refractivity contribution < 1.29 is 9.53 Å². The molecule has 0 spiro atoms. The number of halogens is 2. The summed E-state index contributed by atoms with van der Waals surface area (Å²) in [6.07, 6.45) is 2.24. The van der Waals surface area contributed by atoms with Gasteiger partial charge in [-0.3, -0.25) is 9.69 Å². The molecule has 0 aromatic heterocycles. The Bertz CT molecular complexity index is 500. The number of anilines is 1. The number of methoxy groups -OCH3 is 1. The van der Waals surface area contributed by atoms with Crippen molar-refractivity contribution in [3.8, 4) is 5.75 Å². The van der Waals surface area contributed by atoms with E-state index in [-0.39, 0.29) is 18.3 Å². The maximum Gasteiger partial charge on any atom is 0.238 e. The Hall–Kier alpha value is -1.01. The topological polar surface area (TPSA) is 67.6 Å². The van der Waals surface area contributed by atoms with Crippen LogP contribution in [0.4, 0.5) is 5.69 Å². The molecule has 1 aliphatic heterocycles. The number of likely N-dealkylation sites (tertiary alicyclic amines) is 1. The molecule has 0 bridgehead atoms. The van der Waals surface area contributed by atoms with Gasteiger partial charge in [0.25, 0.3) is 0 Å². The zero-order chi connectivity index (χ0) is 15.2. The molecule has 22 heavy (non-hydrogen) atoms. The molecule has 1 unspecified atom stereocenters. The number of carbonyl (C=O) groups excluding carboxylic acids is 1. The summed E-state index contributed by atoms with van der Waals surface area (Å²) < 4.78 is 5.22. The monoisotopic (exact) mass is 347 g/mol. The van der Waals surface area contributed by atoms with E-state index in [0.29, 0.717) is 35.5 Å². The van der Waals surface area contributed by atoms with E-state index in [1.807, 2.05) is 0 Å². The van der Waals surface area contributed by atoms with Crippen molar-refractivity contribution in [2.24, 2.45) is 11.7 Å². The lowest BCUT2D eigenvalue weighted by Crippen LogP contribution is -2.42. The molecule has 5 nitrogen and oxygen atoms in total. The second-order valence-electron chi connectivity index (χ2n) is 5.37. The van der Waals surface area contributed by atoms with E-state index in [2.05, 4.69) is 10.2 Å². The summed E-state index contributed by atoms with van der Waals surface area (Å²) in [7, 11) is 1.56. The fourth-order valence-electron chi connectivity index (χ4n) is 2.66. The minimum Gasteiger partial charge on any atom is -0.495 e. The first kappa shape index (κ1) is 19.0. The Kier molecular flexibility index (Phi) is 7.96. The summed E-state index contributed by atoms with van der Waals surface area (Å²) in [5.41, 5.74) is 6.32. The number of carbonyl (C=O) groups is 1. The van der Waals surface area contributed by atoms with Crippen LogP contribution in [-0.4, -0.2) is 44.1 Å². The van der Waals surface area contributed by atoms with Gasteiger partial charge in [0.15, 0.2) is 0 Å². The number of piperidine rings is 1. The van der Waals surface area contributed by atoms with Gasteiger partial charge >= 0.3 is 0 Å². The van der Waals surface area contributed by atoms with Crippen molar-refractivity contribution in [2.75, 3.05) is 38.6 Å². The largest absolute Gasteiger partial charge is 0.495 e. The summed E-state index contributed by atoms with van der Waals surface area (Å²) >= 11 is 5.96. The van der Waals surface area contributed by atoms with E-state index < -0.39 is 0 Å². The molecule has 0 saturated carbocycles. The van der Waals surface area contributed by atoms with Gasteiger partial charge in [0.2, 0.25) is 5.91 Å². The van der Waals surface area contributed by atoms with Gasteiger partial charge in [-0.2, -0.15) is 0 Å². The summed E-state index contributed by atoms with van der Waals surface area (Å²) in [5, 5.41) is 3.42. The molecule has 1 atom stereocenters. The summed E-state index contributed by atoms with van der Waals surface area (Å²) in [4.78, 5) is 14.3. The molecular weight excluding hydrogens is 325 g/mol. The lowest BCUT2D eigenvalue weighted by molar-refractivity contribution is -0.117. The smallest absolute Gasteiger partial charge is 0.238 e. The maximum absolute atomic E-state index is 12.2. The molecule has 1 amide bonds. The Labute approximate surface area is 142 Å². The van der Waals surface area contributed by atoms with Gasteiger partial charge in [-0.05, 0) is 50.0 Å². The van der Waals surface area contributed by atoms with E-state index in [9.17, 15) is 4.79 Å². The van der Waals surface area contributed by atoms with Crippen LogP contribution in [0.5, 0.6) is 5.75 Å². The second kappa shape index (κ2) is 9.20. The Morgan fingerprint density at radius 3 is 3.00 bits per heavy atom. The minimum absolute atomic E-state index is 0. The molecule has 0 radical (unpaired) electrons. The first-order chi connectivity index (χ1) is 10.1. The molecule has 1 saturated heterocycles. The van der Waals surface area contributed by atoms with Crippen LogP contribution in [0.1, 0.15) is 12.8 Å². The number of amides is 1. The first-order valence-corrected chi connectivity index (χ1v) is 7.56. The molecule has 7 heteroatoms. The van der Waals surface area contributed by atoms with Gasteiger partial charge in [-0.25, -0.2) is 0 Å². The highest BCUT2D eigenvalue weighted by Crippen LogP contribution is 2.27. The van der Waals surface area contributed by atoms with Crippen molar-refractivity contribution >= 4 is 35.6 Å². The van der Waals surface area contributed by atoms with Crippen LogP contribution < -0.4 is 15.8 Å². The van der Waals surface area contributed by atoms with Crippen molar-refractivity contribution in [3.63, 3.8) is 0 Å². The van der Waals surface area contributed by atoms with Gasteiger partial charge in [-0.15, -0.1) is 12.4 Å². The van der Waals surface area contributed by atoms with E-state index in [0.717, 1.165) is 25.9 Å². The molecule has 1 aromatic rings. The normalized spacial score (nSPS) is 18.4. The number of nitrogens with one attached hydrogen (secondary N) is 1. The first-order valence-electron chi connectivity index (χ1n) is 7.18. The fourth-order valence-corrected chi connectivity index (χ4v) is 2.83. The van der Waals surface area contributed by atoms with Crippen LogP contribution in [0.2, 0.25) is 5.02 Å². The minimum atomic E-state index is -0.0618. The third-order valence-electron chi connectivity index (χ3n) is 3.74. The summed E-state index contributed by atoms with van der Waals surface area (Å²) in [6, 6.07) is 5.16. The third kappa shape index (κ3) is 5.32. The number of rotatable bonds is 5. The highest BCUT2D eigenvalue weighted by molar-refractivity contribution is 6.31. The number of nitrogens with two attached hydrogens (primary N) is 1. The number of ether oxygens (including phenoxy) is 1. The fraction of sp³-hybridized carbons (Fsp3) is 0.533. The van der Waals surface area contributed by atoms with Gasteiger partial charge in [0.1, 0.15) is 5.75 Å². The zero-order valence-electron chi connectivity index (χ0n) is 12.7. The van der Waals surface area contributed by atoms with Crippen LogP contribution in [0.25, 0.3) is 0 Å². The Morgan fingerprint density at radius 2 is 2.32 bits per heavy atom. The number of hydrogen-bond donors (Lipinski definition) is 2. The molecule has 3 N–H and O–H groups in total. The molecule has 2 rings (SSSR count). The molecule has 0 aliphatic carbocycles. The average molecular weight is 348 g/mol. The van der Waals surface area contributed by atoms with E-state index >= 15 is 0 Å². The Balaban J connectivity index is 0.00000242. The van der Waals surface area contributed by atoms with Crippen molar-refractivity contribution in [1.82, 2.24) is 4.90 Å². The van der Waals surface area contributed by atoms with E-state index in [1.165, 1.54) is 0 Å². The van der Waals surface area contributed by atoms with Gasteiger partial charge < -0.3 is 15.8 Å². The second-order valence-corrected chi connectivity index (χ2v) is 5.81. The SMILES string of the molecule is COc1ccc(Cl)cc1NC(=O)CN1CCCC(CN)C1.Cl. The van der Waals surface area contributed by atoms with Crippen molar-refractivity contribution in [1.29, 1.82) is 0 Å². The van der Waals surface area contributed by atoms with Crippen LogP contribution >= 0.6 is 24.0 Å². The van der Waals surface area contributed by atoms with E-state index in [1.54, 1.807) is 25.3 Å². The predicted octanol–water partition coefficient (Wildman–Crippen LogP) is 2.38. The third-order valence-corrected chi connectivity index (χ3v) is 3.97. The van der Waals surface area contributed by atoms with Gasteiger partial charge in [0.05, 0.1) is 19.3 Å². The summed E-state index contributed by atoms with van der Waals surface area (Å²) in [6.45, 7) is 2.87. The zero-order valence-corrected chi connectivity index (χ0v) is 14.3. The maximum atomic E-state index is 12.2. The average Bonchev–Trinajstić information content (AvgIpc) is 2.47. The van der Waals surface area contributed by atoms with Gasteiger partial charge in [-0.1, -0.05) is 11.6 Å². The predicted molar refractivity (Wildman–Crippen MR) is 92.1 cm³/mol. The van der Waals surface area contributed by atoms with Crippen LogP contribution in [0.3, 0.4) is 0 Å². The Morgan fingerprint density at radius 1 is 1.55 bits per heavy atom. The molecular formula is C15H23Cl2N3O2. The van der Waals surface area contributed by atoms with E-state index in [4.69, 9.17) is 22.1 Å². The molecule has 1 aliphatic rings. The lowest BCUT2D eigenvalue weighted by atomic mass is 9.98. The van der Waals surface area contributed by atoms with Crippen LogP contribution in [0.15, 0.2) is 18.2 Å². The molecule has 1 aromatic carbocycles. The van der Waals surface area contributed by atoms with Crippen molar-refractivity contribution in [2.45, 2.75) is 12.8 Å². The van der Waals surface area contributed by atoms with Crippen LogP contribution in [-0.2, 0) is 4.79 Å². The van der Waals surface area contributed by atoms with Crippen LogP contribution in [0, 0.1) is 5.92 Å². The quantitative estimate of drug-likeness (QED) is 0.857. The summed E-state index contributed by atoms with van der Waals surface area (Å²) in [5.74, 6) is 1.03. The molecule has 1 heterocycles. The van der Waals surface area contributed by atoms with Crippen molar-refractivity contribution in [3.05, 3.63) is 23.2 Å². The molecule has 1 fully saturated rings. The highest BCUT2D eigenvalue weighted by atomic mass is 35.5. The number of benzene rings is 1. The van der Waals surface area contributed by atoms with Gasteiger partial charge in [0, 0.05) is 11.6 Å². The highest BCUT2D eigenvalue weighted by Gasteiger charge is 2.21. The lowest BCUT2D eigenvalue weighted by Gasteiger charge is -2.31.